The smallest absolute Gasteiger partial charge is 0.0773 e. The van der Waals surface area contributed by atoms with Crippen molar-refractivity contribution in [2.45, 2.75) is 24.9 Å². The summed E-state index contributed by atoms with van der Waals surface area (Å²) in [4.78, 5) is 2.04. The highest BCUT2D eigenvalue weighted by Gasteiger charge is 2.34. The molecule has 0 heterocycles. The highest BCUT2D eigenvalue weighted by Crippen LogP contribution is 2.31. The van der Waals surface area contributed by atoms with Crippen molar-refractivity contribution >= 4 is 0 Å². The fraction of sp³-hybridized carbons (Fsp3) is 1.00. The van der Waals surface area contributed by atoms with E-state index in [0.717, 1.165) is 19.4 Å². The molecule has 1 fully saturated rings. The van der Waals surface area contributed by atoms with Crippen LogP contribution in [0, 0.1) is 0 Å². The third-order valence-corrected chi connectivity index (χ3v) is 1.89. The molecule has 1 saturated carbocycles. The molecule has 0 spiro atoms. The lowest BCUT2D eigenvalue weighted by molar-refractivity contribution is -0.0502. The van der Waals surface area contributed by atoms with E-state index in [-0.39, 0.29) is 5.60 Å². The SMILES string of the molecule is CN(C)CC1(O)CCC1. The summed E-state index contributed by atoms with van der Waals surface area (Å²) in [7, 11) is 3.99. The maximum atomic E-state index is 9.54. The van der Waals surface area contributed by atoms with Crippen LogP contribution in [0.3, 0.4) is 0 Å². The van der Waals surface area contributed by atoms with E-state index in [1.807, 2.05) is 19.0 Å². The second kappa shape index (κ2) is 2.27. The molecule has 0 aromatic heterocycles. The van der Waals surface area contributed by atoms with Gasteiger partial charge in [0.15, 0.2) is 0 Å². The maximum Gasteiger partial charge on any atom is 0.0773 e. The van der Waals surface area contributed by atoms with Crippen LogP contribution in [0.5, 0.6) is 0 Å². The molecule has 54 valence electrons. The van der Waals surface area contributed by atoms with E-state index in [0.29, 0.717) is 0 Å². The zero-order chi connectivity index (χ0) is 6.91. The van der Waals surface area contributed by atoms with Gasteiger partial charge in [-0.1, -0.05) is 0 Å². The summed E-state index contributed by atoms with van der Waals surface area (Å²) in [5, 5.41) is 9.54. The average molecular weight is 129 g/mol. The number of hydrogen-bond acceptors (Lipinski definition) is 2. The molecule has 2 heteroatoms. The Morgan fingerprint density at radius 1 is 1.44 bits per heavy atom. The van der Waals surface area contributed by atoms with Crippen molar-refractivity contribution in [2.24, 2.45) is 0 Å². The van der Waals surface area contributed by atoms with Crippen molar-refractivity contribution in [1.29, 1.82) is 0 Å². The normalized spacial score (nSPS) is 24.0. The standard InChI is InChI=1S/C7H15NO/c1-8(2)6-7(9)4-3-5-7/h9H,3-6H2,1-2H3. The predicted octanol–water partition coefficient (Wildman–Crippen LogP) is 0.463. The molecule has 0 atom stereocenters. The highest BCUT2D eigenvalue weighted by molar-refractivity contribution is 4.89. The van der Waals surface area contributed by atoms with Gasteiger partial charge in [-0.3, -0.25) is 0 Å². The zero-order valence-electron chi connectivity index (χ0n) is 6.22. The summed E-state index contributed by atoms with van der Waals surface area (Å²) >= 11 is 0. The molecule has 2 nitrogen and oxygen atoms in total. The Labute approximate surface area is 56.5 Å². The summed E-state index contributed by atoms with van der Waals surface area (Å²) in [6.45, 7) is 0.826. The molecule has 1 aliphatic carbocycles. The van der Waals surface area contributed by atoms with Crippen molar-refractivity contribution in [3.8, 4) is 0 Å². The maximum absolute atomic E-state index is 9.54. The molecule has 0 amide bonds. The summed E-state index contributed by atoms with van der Waals surface area (Å²) in [6.07, 6.45) is 3.18. The van der Waals surface area contributed by atoms with Gasteiger partial charge in [-0.2, -0.15) is 0 Å². The zero-order valence-corrected chi connectivity index (χ0v) is 6.22. The summed E-state index contributed by atoms with van der Waals surface area (Å²) in [5.74, 6) is 0. The van der Waals surface area contributed by atoms with Crippen LogP contribution in [0.1, 0.15) is 19.3 Å². The summed E-state index contributed by atoms with van der Waals surface area (Å²) in [5.41, 5.74) is -0.330. The Balaban J connectivity index is 2.24. The first-order valence-corrected chi connectivity index (χ1v) is 3.49. The van der Waals surface area contributed by atoms with Crippen LogP contribution < -0.4 is 0 Å². The Kier molecular flexibility index (Phi) is 1.78. The first kappa shape index (κ1) is 7.03. The van der Waals surface area contributed by atoms with Gasteiger partial charge in [-0.15, -0.1) is 0 Å². The van der Waals surface area contributed by atoms with Crippen molar-refractivity contribution in [1.82, 2.24) is 4.90 Å². The van der Waals surface area contributed by atoms with E-state index in [1.165, 1.54) is 6.42 Å². The first-order valence-electron chi connectivity index (χ1n) is 3.49. The van der Waals surface area contributed by atoms with Crippen LogP contribution >= 0.6 is 0 Å². The minimum absolute atomic E-state index is 0.330. The molecule has 0 saturated heterocycles. The van der Waals surface area contributed by atoms with Crippen molar-refractivity contribution in [3.05, 3.63) is 0 Å². The van der Waals surface area contributed by atoms with Gasteiger partial charge in [-0.05, 0) is 33.4 Å². The lowest BCUT2D eigenvalue weighted by atomic mass is 9.80. The molecule has 0 radical (unpaired) electrons. The Morgan fingerprint density at radius 2 is 2.00 bits per heavy atom. The molecule has 1 aliphatic rings. The number of hydrogen-bond donors (Lipinski definition) is 1. The van der Waals surface area contributed by atoms with Crippen LogP contribution in [0.2, 0.25) is 0 Å². The monoisotopic (exact) mass is 129 g/mol. The lowest BCUT2D eigenvalue weighted by Gasteiger charge is -2.38. The predicted molar refractivity (Wildman–Crippen MR) is 37.4 cm³/mol. The van der Waals surface area contributed by atoms with Gasteiger partial charge in [0.2, 0.25) is 0 Å². The molecule has 0 aromatic rings. The third kappa shape index (κ3) is 1.66. The van der Waals surface area contributed by atoms with E-state index in [9.17, 15) is 5.11 Å². The quantitative estimate of drug-likeness (QED) is 0.585. The van der Waals surface area contributed by atoms with E-state index in [1.54, 1.807) is 0 Å². The lowest BCUT2D eigenvalue weighted by Crippen LogP contribution is -2.45. The molecule has 1 N–H and O–H groups in total. The van der Waals surface area contributed by atoms with Crippen LogP contribution in [0.4, 0.5) is 0 Å². The van der Waals surface area contributed by atoms with Crippen LogP contribution in [0.15, 0.2) is 0 Å². The van der Waals surface area contributed by atoms with Gasteiger partial charge < -0.3 is 10.0 Å². The fourth-order valence-electron chi connectivity index (χ4n) is 1.33. The Morgan fingerprint density at radius 3 is 2.11 bits per heavy atom. The molecule has 0 bridgehead atoms. The Bertz CT molecular complexity index is 97.1. The van der Waals surface area contributed by atoms with E-state index in [2.05, 4.69) is 0 Å². The fourth-order valence-corrected chi connectivity index (χ4v) is 1.33. The minimum Gasteiger partial charge on any atom is -0.389 e. The molecule has 1 rings (SSSR count). The van der Waals surface area contributed by atoms with E-state index < -0.39 is 0 Å². The van der Waals surface area contributed by atoms with E-state index in [4.69, 9.17) is 0 Å². The molecule has 0 aliphatic heterocycles. The largest absolute Gasteiger partial charge is 0.389 e. The average Bonchev–Trinajstić information content (AvgIpc) is 1.60. The van der Waals surface area contributed by atoms with Gasteiger partial charge in [0.25, 0.3) is 0 Å². The van der Waals surface area contributed by atoms with Gasteiger partial charge in [0, 0.05) is 6.54 Å². The van der Waals surface area contributed by atoms with Gasteiger partial charge in [-0.25, -0.2) is 0 Å². The van der Waals surface area contributed by atoms with Gasteiger partial charge in [0.05, 0.1) is 5.60 Å². The van der Waals surface area contributed by atoms with Gasteiger partial charge in [0.1, 0.15) is 0 Å². The van der Waals surface area contributed by atoms with E-state index >= 15 is 0 Å². The molecular weight excluding hydrogens is 114 g/mol. The van der Waals surface area contributed by atoms with Crippen LogP contribution in [0.25, 0.3) is 0 Å². The van der Waals surface area contributed by atoms with Crippen LogP contribution in [-0.4, -0.2) is 36.2 Å². The number of rotatable bonds is 2. The molecule has 0 aromatic carbocycles. The molecule has 0 unspecified atom stereocenters. The summed E-state index contributed by atoms with van der Waals surface area (Å²) < 4.78 is 0. The number of nitrogens with zero attached hydrogens (tertiary/aromatic N) is 1. The van der Waals surface area contributed by atoms with Crippen molar-refractivity contribution in [3.63, 3.8) is 0 Å². The molecule has 9 heavy (non-hydrogen) atoms. The minimum atomic E-state index is -0.330. The second-order valence-electron chi connectivity index (χ2n) is 3.32. The number of aliphatic hydroxyl groups is 1. The Hall–Kier alpha value is -0.0800. The van der Waals surface area contributed by atoms with Crippen LogP contribution in [-0.2, 0) is 0 Å². The summed E-state index contributed by atoms with van der Waals surface area (Å²) in [6, 6.07) is 0. The third-order valence-electron chi connectivity index (χ3n) is 1.89. The number of likely N-dealkylation sites (N-methyl/N-ethyl adjacent to an activating group) is 1. The molecular formula is C7H15NO. The van der Waals surface area contributed by atoms with Gasteiger partial charge >= 0.3 is 0 Å². The highest BCUT2D eigenvalue weighted by atomic mass is 16.3. The second-order valence-corrected chi connectivity index (χ2v) is 3.32. The van der Waals surface area contributed by atoms with Crippen molar-refractivity contribution in [2.75, 3.05) is 20.6 Å². The first-order chi connectivity index (χ1) is 4.12. The van der Waals surface area contributed by atoms with Crippen molar-refractivity contribution < 1.29 is 5.11 Å². The topological polar surface area (TPSA) is 23.5 Å².